The second-order valence-electron chi connectivity index (χ2n) is 6.50. The largest absolute Gasteiger partial charge is 0.469 e. The second-order valence-corrected chi connectivity index (χ2v) is 6.50. The van der Waals surface area contributed by atoms with E-state index in [0.29, 0.717) is 12.0 Å². The van der Waals surface area contributed by atoms with Gasteiger partial charge in [-0.15, -0.1) is 0 Å². The molecule has 2 aliphatic rings. The Hall–Kier alpha value is -2.14. The summed E-state index contributed by atoms with van der Waals surface area (Å²) in [7, 11) is 1.38. The molecule has 0 spiro atoms. The van der Waals surface area contributed by atoms with Crippen molar-refractivity contribution in [3.05, 3.63) is 47.5 Å². The zero-order chi connectivity index (χ0) is 17.3. The van der Waals surface area contributed by atoms with Crippen LogP contribution in [0.4, 0.5) is 0 Å². The predicted octanol–water partition coefficient (Wildman–Crippen LogP) is 2.16. The van der Waals surface area contributed by atoms with E-state index >= 15 is 0 Å². The zero-order valence-electron chi connectivity index (χ0n) is 14.0. The highest BCUT2D eigenvalue weighted by atomic mass is 16.5. The maximum absolute atomic E-state index is 13.0. The highest BCUT2D eigenvalue weighted by Crippen LogP contribution is 2.39. The molecule has 1 fully saturated rings. The number of methoxy groups -OCH3 is 1. The van der Waals surface area contributed by atoms with E-state index in [9.17, 15) is 14.7 Å². The first-order valence-corrected chi connectivity index (χ1v) is 8.39. The summed E-state index contributed by atoms with van der Waals surface area (Å²) >= 11 is 0. The van der Waals surface area contributed by atoms with Crippen LogP contribution in [-0.4, -0.2) is 47.2 Å². The Morgan fingerprint density at radius 2 is 1.92 bits per heavy atom. The van der Waals surface area contributed by atoms with Crippen molar-refractivity contribution in [3.63, 3.8) is 0 Å². The topological polar surface area (TPSA) is 66.8 Å². The van der Waals surface area contributed by atoms with E-state index in [1.807, 2.05) is 25.1 Å². The Bertz CT molecular complexity index is 655. The Labute approximate surface area is 141 Å². The number of hydrogen-bond acceptors (Lipinski definition) is 4. The van der Waals surface area contributed by atoms with Crippen LogP contribution >= 0.6 is 0 Å². The van der Waals surface area contributed by atoms with Crippen LogP contribution in [0.15, 0.2) is 42.0 Å². The summed E-state index contributed by atoms with van der Waals surface area (Å²) < 4.78 is 4.92. The third kappa shape index (κ3) is 2.84. The normalized spacial score (nSPS) is 29.5. The highest BCUT2D eigenvalue weighted by molar-refractivity contribution is 5.95. The molecule has 128 valence electrons. The molecule has 1 heterocycles. The van der Waals surface area contributed by atoms with E-state index in [0.717, 1.165) is 18.4 Å². The van der Waals surface area contributed by atoms with Crippen molar-refractivity contribution in [2.24, 2.45) is 5.92 Å². The molecule has 1 N–H and O–H groups in total. The summed E-state index contributed by atoms with van der Waals surface area (Å²) in [6.07, 6.45) is 3.32. The lowest BCUT2D eigenvalue weighted by Crippen LogP contribution is -2.56. The smallest absolute Gasteiger partial charge is 0.312 e. The first-order chi connectivity index (χ1) is 11.5. The van der Waals surface area contributed by atoms with Crippen molar-refractivity contribution in [1.29, 1.82) is 0 Å². The van der Waals surface area contributed by atoms with Crippen molar-refractivity contribution in [3.8, 4) is 0 Å². The molecule has 5 nitrogen and oxygen atoms in total. The third-order valence-corrected chi connectivity index (χ3v) is 5.13. The molecule has 0 unspecified atom stereocenters. The number of aliphatic hydroxyl groups is 1. The Kier molecular flexibility index (Phi) is 4.71. The number of nitrogens with zero attached hydrogens (tertiary/aromatic N) is 1. The molecule has 1 aliphatic heterocycles. The van der Waals surface area contributed by atoms with Gasteiger partial charge in [0, 0.05) is 5.56 Å². The molecule has 1 aromatic carbocycles. The van der Waals surface area contributed by atoms with E-state index in [-0.39, 0.29) is 29.9 Å². The Morgan fingerprint density at radius 1 is 1.21 bits per heavy atom. The summed E-state index contributed by atoms with van der Waals surface area (Å²) in [5.41, 5.74) is 1.42. The molecule has 1 aromatic rings. The number of rotatable bonds is 2. The minimum Gasteiger partial charge on any atom is -0.469 e. The van der Waals surface area contributed by atoms with Crippen LogP contribution in [0.5, 0.6) is 0 Å². The molecular weight excluding hydrogens is 306 g/mol. The van der Waals surface area contributed by atoms with Crippen LogP contribution in [0.1, 0.15) is 36.5 Å². The lowest BCUT2D eigenvalue weighted by atomic mass is 9.76. The molecule has 0 aromatic heterocycles. The van der Waals surface area contributed by atoms with Crippen molar-refractivity contribution >= 4 is 11.9 Å². The number of amides is 1. The standard InChI is InChI=1S/C19H23NO4/c1-12-17(21)11-15-14(19(23)24-2)9-6-10-16(15)20(12)18(22)13-7-4-3-5-8-13/h3-5,7-8,11-12,14,16-17,21H,6,9-10H2,1-2H3/t12-,14+,16+,17-/m0/s1. The summed E-state index contributed by atoms with van der Waals surface area (Å²) in [6, 6.07) is 8.59. The number of aliphatic hydroxyl groups excluding tert-OH is 1. The molecule has 1 aliphatic carbocycles. The maximum atomic E-state index is 13.0. The monoisotopic (exact) mass is 329 g/mol. The maximum Gasteiger partial charge on any atom is 0.312 e. The van der Waals surface area contributed by atoms with Crippen LogP contribution in [0.2, 0.25) is 0 Å². The van der Waals surface area contributed by atoms with Gasteiger partial charge in [-0.3, -0.25) is 9.59 Å². The van der Waals surface area contributed by atoms with Gasteiger partial charge in [-0.2, -0.15) is 0 Å². The van der Waals surface area contributed by atoms with E-state index in [1.54, 1.807) is 23.1 Å². The van der Waals surface area contributed by atoms with Gasteiger partial charge in [0.1, 0.15) is 0 Å². The number of hydrogen-bond donors (Lipinski definition) is 1. The van der Waals surface area contributed by atoms with Gasteiger partial charge in [0.15, 0.2) is 0 Å². The number of fused-ring (bicyclic) bond motifs is 1. The minimum absolute atomic E-state index is 0.108. The van der Waals surface area contributed by atoms with Crippen LogP contribution in [0, 0.1) is 5.92 Å². The fourth-order valence-electron chi connectivity index (χ4n) is 3.85. The summed E-state index contributed by atoms with van der Waals surface area (Å²) in [5, 5.41) is 10.4. The first kappa shape index (κ1) is 16.7. The number of benzene rings is 1. The van der Waals surface area contributed by atoms with E-state index in [2.05, 4.69) is 0 Å². The number of esters is 1. The van der Waals surface area contributed by atoms with Crippen molar-refractivity contribution in [1.82, 2.24) is 4.90 Å². The van der Waals surface area contributed by atoms with Gasteiger partial charge < -0.3 is 14.7 Å². The summed E-state index contributed by atoms with van der Waals surface area (Å²) in [4.78, 5) is 26.9. The number of carbonyl (C=O) groups is 2. The average Bonchev–Trinajstić information content (AvgIpc) is 2.62. The minimum atomic E-state index is -0.783. The molecule has 0 bridgehead atoms. The van der Waals surface area contributed by atoms with Crippen LogP contribution < -0.4 is 0 Å². The lowest BCUT2D eigenvalue weighted by Gasteiger charge is -2.46. The van der Waals surface area contributed by atoms with Crippen LogP contribution in [-0.2, 0) is 9.53 Å². The second kappa shape index (κ2) is 6.77. The quantitative estimate of drug-likeness (QED) is 0.667. The third-order valence-electron chi connectivity index (χ3n) is 5.13. The Balaban J connectivity index is 1.97. The molecule has 1 saturated carbocycles. The molecule has 0 saturated heterocycles. The lowest BCUT2D eigenvalue weighted by molar-refractivity contribution is -0.145. The highest BCUT2D eigenvalue weighted by Gasteiger charge is 2.44. The van der Waals surface area contributed by atoms with Gasteiger partial charge in [-0.1, -0.05) is 24.3 Å². The molecule has 0 radical (unpaired) electrons. The van der Waals surface area contributed by atoms with Crippen molar-refractivity contribution in [2.75, 3.05) is 7.11 Å². The van der Waals surface area contributed by atoms with Gasteiger partial charge in [0.2, 0.25) is 0 Å². The van der Waals surface area contributed by atoms with E-state index < -0.39 is 6.10 Å². The van der Waals surface area contributed by atoms with Crippen molar-refractivity contribution < 1.29 is 19.4 Å². The molecule has 1 amide bonds. The summed E-state index contributed by atoms with van der Waals surface area (Å²) in [6.45, 7) is 1.85. The average molecular weight is 329 g/mol. The SMILES string of the molecule is COC(=O)[C@@H]1CCC[C@@H]2C1=C[C@H](O)[C@H](C)N2C(=O)c1ccccc1. The fourth-order valence-corrected chi connectivity index (χ4v) is 3.85. The first-order valence-electron chi connectivity index (χ1n) is 8.39. The number of carbonyl (C=O) groups excluding carboxylic acids is 2. The van der Waals surface area contributed by atoms with Gasteiger partial charge in [0.05, 0.1) is 31.2 Å². The van der Waals surface area contributed by atoms with E-state index in [1.165, 1.54) is 7.11 Å². The molecule has 3 rings (SSSR count). The molecule has 4 atom stereocenters. The molecule has 24 heavy (non-hydrogen) atoms. The molecule has 5 heteroatoms. The fraction of sp³-hybridized carbons (Fsp3) is 0.474. The van der Waals surface area contributed by atoms with Crippen molar-refractivity contribution in [2.45, 2.75) is 44.4 Å². The van der Waals surface area contributed by atoms with Crippen LogP contribution in [0.25, 0.3) is 0 Å². The van der Waals surface area contributed by atoms with Gasteiger partial charge in [-0.25, -0.2) is 0 Å². The van der Waals surface area contributed by atoms with E-state index in [4.69, 9.17) is 4.74 Å². The van der Waals surface area contributed by atoms with Gasteiger partial charge in [-0.05, 0) is 43.9 Å². The number of ether oxygens (including phenoxy) is 1. The van der Waals surface area contributed by atoms with Crippen LogP contribution in [0.3, 0.4) is 0 Å². The predicted molar refractivity (Wildman–Crippen MR) is 89.3 cm³/mol. The Morgan fingerprint density at radius 3 is 2.58 bits per heavy atom. The van der Waals surface area contributed by atoms with Gasteiger partial charge >= 0.3 is 5.97 Å². The molecular formula is C19H23NO4. The van der Waals surface area contributed by atoms with Gasteiger partial charge in [0.25, 0.3) is 5.91 Å². The zero-order valence-corrected chi connectivity index (χ0v) is 14.0. The summed E-state index contributed by atoms with van der Waals surface area (Å²) in [5.74, 6) is -0.773.